The molecule has 1 heterocycles. The number of carbonyl (C=O) groups is 1. The minimum absolute atomic E-state index is 0.0764. The molecule has 30 heavy (non-hydrogen) atoms. The lowest BCUT2D eigenvalue weighted by atomic mass is 10.0. The van der Waals surface area contributed by atoms with Crippen LogP contribution in [0.3, 0.4) is 0 Å². The molecule has 148 valence electrons. The Morgan fingerprint density at radius 3 is 2.67 bits per heavy atom. The van der Waals surface area contributed by atoms with Gasteiger partial charge in [-0.3, -0.25) is 4.79 Å². The Morgan fingerprint density at radius 1 is 1.07 bits per heavy atom. The summed E-state index contributed by atoms with van der Waals surface area (Å²) < 4.78 is 0.802. The fraction of sp³-hybridized carbons (Fsp3) is 0.0417. The third-order valence-corrected chi connectivity index (χ3v) is 5.13. The number of aromatic nitrogens is 1. The van der Waals surface area contributed by atoms with Gasteiger partial charge in [0.1, 0.15) is 5.75 Å². The van der Waals surface area contributed by atoms with Gasteiger partial charge in [0.15, 0.2) is 0 Å². The molecule has 0 aliphatic heterocycles. The fourth-order valence-electron chi connectivity index (χ4n) is 3.13. The Bertz CT molecular complexity index is 1270. The Kier molecular flexibility index (Phi) is 5.59. The minimum Gasteiger partial charge on any atom is -0.507 e. The molecule has 0 saturated carbocycles. The number of hydrogen-bond acceptors (Lipinski definition) is 4. The number of rotatable bonds is 4. The minimum atomic E-state index is -0.351. The van der Waals surface area contributed by atoms with E-state index in [1.807, 2.05) is 55.5 Å². The number of amides is 1. The molecule has 0 aliphatic rings. The molecule has 0 atom stereocenters. The number of aryl methyl sites for hydroxylation is 1. The molecule has 1 aromatic heterocycles. The number of halogens is 1. The SMILES string of the molecule is Cc1ccc2nc(-c3ccccc3)cc(C(=O)NN=Cc3cc(Br)ccc3O)c2c1. The van der Waals surface area contributed by atoms with Crippen molar-refractivity contribution in [1.82, 2.24) is 10.4 Å². The van der Waals surface area contributed by atoms with Crippen LogP contribution in [-0.2, 0) is 0 Å². The van der Waals surface area contributed by atoms with Gasteiger partial charge in [-0.1, -0.05) is 57.9 Å². The molecular formula is C24H18BrN3O2. The average Bonchev–Trinajstić information content (AvgIpc) is 2.76. The van der Waals surface area contributed by atoms with Gasteiger partial charge in [-0.15, -0.1) is 0 Å². The van der Waals surface area contributed by atoms with E-state index in [1.165, 1.54) is 6.21 Å². The third-order valence-electron chi connectivity index (χ3n) is 4.64. The van der Waals surface area contributed by atoms with Crippen LogP contribution < -0.4 is 5.43 Å². The second-order valence-corrected chi connectivity index (χ2v) is 7.76. The van der Waals surface area contributed by atoms with Gasteiger partial charge in [0.2, 0.25) is 0 Å². The van der Waals surface area contributed by atoms with Crippen molar-refractivity contribution >= 4 is 39.0 Å². The standard InChI is InChI=1S/C24H18BrN3O2/c1-15-7-9-21-19(11-15)20(13-22(27-21)16-5-3-2-4-6-16)24(30)28-26-14-17-12-18(25)8-10-23(17)29/h2-14,29H,1H3,(H,28,30). The van der Waals surface area contributed by atoms with Crippen molar-refractivity contribution in [3.05, 3.63) is 94.0 Å². The molecule has 2 N–H and O–H groups in total. The number of phenols is 1. The summed E-state index contributed by atoms with van der Waals surface area (Å²) in [5.41, 5.74) is 6.95. The number of fused-ring (bicyclic) bond motifs is 1. The molecule has 6 heteroatoms. The number of pyridine rings is 1. The average molecular weight is 460 g/mol. The molecule has 0 saturated heterocycles. The molecule has 0 spiro atoms. The summed E-state index contributed by atoms with van der Waals surface area (Å²) in [6.07, 6.45) is 1.41. The first-order valence-electron chi connectivity index (χ1n) is 9.30. The van der Waals surface area contributed by atoms with Gasteiger partial charge < -0.3 is 5.11 Å². The summed E-state index contributed by atoms with van der Waals surface area (Å²) in [6.45, 7) is 1.97. The Balaban J connectivity index is 1.71. The van der Waals surface area contributed by atoms with E-state index >= 15 is 0 Å². The van der Waals surface area contributed by atoms with Crippen molar-refractivity contribution in [2.75, 3.05) is 0 Å². The number of aromatic hydroxyl groups is 1. The predicted molar refractivity (Wildman–Crippen MR) is 123 cm³/mol. The topological polar surface area (TPSA) is 74.6 Å². The number of phenolic OH excluding ortho intramolecular Hbond substituents is 1. The zero-order valence-corrected chi connectivity index (χ0v) is 17.7. The molecule has 0 unspecified atom stereocenters. The van der Waals surface area contributed by atoms with E-state index in [4.69, 9.17) is 4.98 Å². The summed E-state index contributed by atoms with van der Waals surface area (Å²) in [7, 11) is 0. The summed E-state index contributed by atoms with van der Waals surface area (Å²) >= 11 is 3.35. The highest BCUT2D eigenvalue weighted by Crippen LogP contribution is 2.26. The van der Waals surface area contributed by atoms with E-state index in [0.29, 0.717) is 16.8 Å². The number of hydrazone groups is 1. The summed E-state index contributed by atoms with van der Waals surface area (Å²) in [6, 6.07) is 22.3. The number of carbonyl (C=O) groups excluding carboxylic acids is 1. The van der Waals surface area contributed by atoms with Crippen LogP contribution in [0.15, 0.2) is 82.4 Å². The smallest absolute Gasteiger partial charge is 0.272 e. The maximum atomic E-state index is 13.0. The predicted octanol–water partition coefficient (Wildman–Crippen LogP) is 5.44. The van der Waals surface area contributed by atoms with E-state index in [1.54, 1.807) is 24.3 Å². The molecule has 5 nitrogen and oxygen atoms in total. The van der Waals surface area contributed by atoms with Crippen molar-refractivity contribution in [1.29, 1.82) is 0 Å². The normalized spacial score (nSPS) is 11.1. The first-order chi connectivity index (χ1) is 14.5. The van der Waals surface area contributed by atoms with Crippen molar-refractivity contribution < 1.29 is 9.90 Å². The highest BCUT2D eigenvalue weighted by Gasteiger charge is 2.14. The van der Waals surface area contributed by atoms with E-state index in [9.17, 15) is 9.90 Å². The summed E-state index contributed by atoms with van der Waals surface area (Å²) in [5, 5.41) is 14.7. The van der Waals surface area contributed by atoms with Gasteiger partial charge in [0.05, 0.1) is 23.0 Å². The van der Waals surface area contributed by atoms with Crippen LogP contribution in [0.2, 0.25) is 0 Å². The third kappa shape index (κ3) is 4.23. The molecule has 0 aliphatic carbocycles. The van der Waals surface area contributed by atoms with E-state index in [2.05, 4.69) is 26.5 Å². The molecule has 0 bridgehead atoms. The molecule has 1 amide bonds. The zero-order valence-electron chi connectivity index (χ0n) is 16.1. The van der Waals surface area contributed by atoms with Crippen LogP contribution in [0.25, 0.3) is 22.2 Å². The van der Waals surface area contributed by atoms with Gasteiger partial charge in [-0.25, -0.2) is 10.4 Å². The van der Waals surface area contributed by atoms with Crippen LogP contribution in [0, 0.1) is 6.92 Å². The second-order valence-electron chi connectivity index (χ2n) is 6.84. The van der Waals surface area contributed by atoms with E-state index in [-0.39, 0.29) is 11.7 Å². The number of benzene rings is 3. The largest absolute Gasteiger partial charge is 0.507 e. The number of nitrogens with zero attached hydrogens (tertiary/aromatic N) is 2. The lowest BCUT2D eigenvalue weighted by Crippen LogP contribution is -2.18. The lowest BCUT2D eigenvalue weighted by molar-refractivity contribution is 0.0956. The molecule has 0 fully saturated rings. The van der Waals surface area contributed by atoms with Gasteiger partial charge in [0.25, 0.3) is 5.91 Å². The summed E-state index contributed by atoms with van der Waals surface area (Å²) in [5.74, 6) is -0.275. The van der Waals surface area contributed by atoms with Crippen molar-refractivity contribution in [3.63, 3.8) is 0 Å². The van der Waals surface area contributed by atoms with Gasteiger partial charge >= 0.3 is 0 Å². The first-order valence-corrected chi connectivity index (χ1v) is 10.1. The number of hydrogen-bond donors (Lipinski definition) is 2. The quantitative estimate of drug-likeness (QED) is 0.315. The Morgan fingerprint density at radius 2 is 1.87 bits per heavy atom. The molecule has 3 aromatic carbocycles. The maximum Gasteiger partial charge on any atom is 0.272 e. The number of nitrogens with one attached hydrogen (secondary N) is 1. The molecule has 0 radical (unpaired) electrons. The van der Waals surface area contributed by atoms with Crippen LogP contribution >= 0.6 is 15.9 Å². The van der Waals surface area contributed by atoms with E-state index < -0.39 is 0 Å². The fourth-order valence-corrected chi connectivity index (χ4v) is 3.51. The summed E-state index contributed by atoms with van der Waals surface area (Å²) in [4.78, 5) is 17.7. The Labute approximate surface area is 182 Å². The van der Waals surface area contributed by atoms with E-state index in [0.717, 1.165) is 26.5 Å². The monoisotopic (exact) mass is 459 g/mol. The highest BCUT2D eigenvalue weighted by molar-refractivity contribution is 9.10. The van der Waals surface area contributed by atoms with Crippen molar-refractivity contribution in [3.8, 4) is 17.0 Å². The van der Waals surface area contributed by atoms with Crippen LogP contribution in [0.4, 0.5) is 0 Å². The van der Waals surface area contributed by atoms with Crippen molar-refractivity contribution in [2.45, 2.75) is 6.92 Å². The van der Waals surface area contributed by atoms with Crippen molar-refractivity contribution in [2.24, 2.45) is 5.10 Å². The first kappa shape index (κ1) is 19.8. The lowest BCUT2D eigenvalue weighted by Gasteiger charge is -2.10. The van der Waals surface area contributed by atoms with Crippen LogP contribution in [-0.4, -0.2) is 22.2 Å². The van der Waals surface area contributed by atoms with Gasteiger partial charge in [0, 0.05) is 21.0 Å². The zero-order chi connectivity index (χ0) is 21.1. The molecular weight excluding hydrogens is 442 g/mol. The Hall–Kier alpha value is -3.51. The molecule has 4 rings (SSSR count). The second kappa shape index (κ2) is 8.47. The van der Waals surface area contributed by atoms with Gasteiger partial charge in [-0.05, 0) is 43.3 Å². The van der Waals surface area contributed by atoms with Crippen LogP contribution in [0.1, 0.15) is 21.5 Å². The van der Waals surface area contributed by atoms with Gasteiger partial charge in [-0.2, -0.15) is 5.10 Å². The maximum absolute atomic E-state index is 13.0. The van der Waals surface area contributed by atoms with Crippen LogP contribution in [0.5, 0.6) is 5.75 Å². The molecule has 4 aromatic rings. The highest BCUT2D eigenvalue weighted by atomic mass is 79.9.